The average molecular weight is 528 g/mol. The van der Waals surface area contributed by atoms with Crippen LogP contribution in [-0.4, -0.2) is 52.3 Å². The van der Waals surface area contributed by atoms with Gasteiger partial charge in [-0.15, -0.1) is 0 Å². The van der Waals surface area contributed by atoms with E-state index in [1.807, 2.05) is 30.3 Å². The number of rotatable bonds is 8. The van der Waals surface area contributed by atoms with Crippen LogP contribution in [0.25, 0.3) is 10.9 Å². The van der Waals surface area contributed by atoms with Crippen molar-refractivity contribution in [2.45, 2.75) is 64.3 Å². The van der Waals surface area contributed by atoms with Gasteiger partial charge >= 0.3 is 6.18 Å². The fourth-order valence-electron chi connectivity index (χ4n) is 5.84. The minimum atomic E-state index is -4.46. The van der Waals surface area contributed by atoms with E-state index in [9.17, 15) is 18.0 Å². The summed E-state index contributed by atoms with van der Waals surface area (Å²) in [5, 5.41) is 10.9. The molecule has 9 heteroatoms. The molecule has 1 aliphatic carbocycles. The Morgan fingerprint density at radius 2 is 1.76 bits per heavy atom. The van der Waals surface area contributed by atoms with E-state index in [0.717, 1.165) is 42.6 Å². The molecular formula is C29H36F3N5O. The standard InChI is InChI=1S/C29H36F3N5O/c1-19(2)21-8-11-24(12-9-21)36-17-23(18-36)34-27(38)15-33-28-25-14-22(29(30,31)32)10-13-26(25)37(35-28)16-20-6-4-3-5-7-20/h3-7,10,13-14,19,21,23-24H,8-9,11-12,15-18H2,1-2H3,(H,33,35)(H,34,38). The summed E-state index contributed by atoms with van der Waals surface area (Å²) in [6, 6.07) is 13.9. The summed E-state index contributed by atoms with van der Waals surface area (Å²) >= 11 is 0. The van der Waals surface area contributed by atoms with Crippen molar-refractivity contribution in [1.82, 2.24) is 20.0 Å². The molecule has 38 heavy (non-hydrogen) atoms. The van der Waals surface area contributed by atoms with E-state index >= 15 is 0 Å². The number of aromatic nitrogens is 2. The molecule has 1 aliphatic heterocycles. The molecule has 0 atom stereocenters. The van der Waals surface area contributed by atoms with E-state index in [2.05, 4.69) is 34.5 Å². The highest BCUT2D eigenvalue weighted by molar-refractivity contribution is 5.92. The number of amides is 1. The van der Waals surface area contributed by atoms with Gasteiger partial charge in [-0.2, -0.15) is 18.3 Å². The third-order valence-electron chi connectivity index (χ3n) is 8.14. The Morgan fingerprint density at radius 3 is 2.42 bits per heavy atom. The van der Waals surface area contributed by atoms with Gasteiger partial charge in [-0.05, 0) is 61.3 Å². The Labute approximate surface area is 221 Å². The first-order chi connectivity index (χ1) is 18.2. The van der Waals surface area contributed by atoms with Crippen molar-refractivity contribution in [1.29, 1.82) is 0 Å². The third-order valence-corrected chi connectivity index (χ3v) is 8.14. The lowest BCUT2D eigenvalue weighted by atomic mass is 9.78. The van der Waals surface area contributed by atoms with E-state index in [-0.39, 0.29) is 24.3 Å². The maximum atomic E-state index is 13.4. The number of fused-ring (bicyclic) bond motifs is 1. The van der Waals surface area contributed by atoms with Gasteiger partial charge in [-0.3, -0.25) is 14.4 Å². The van der Waals surface area contributed by atoms with Crippen LogP contribution in [0.2, 0.25) is 0 Å². The molecule has 2 heterocycles. The van der Waals surface area contributed by atoms with Crippen LogP contribution in [0.1, 0.15) is 50.7 Å². The van der Waals surface area contributed by atoms with Gasteiger partial charge in [0, 0.05) is 24.5 Å². The Bertz CT molecular complexity index is 1240. The molecule has 2 N–H and O–H groups in total. The summed E-state index contributed by atoms with van der Waals surface area (Å²) in [7, 11) is 0. The molecule has 0 radical (unpaired) electrons. The Balaban J connectivity index is 1.19. The fraction of sp³-hybridized carbons (Fsp3) is 0.517. The largest absolute Gasteiger partial charge is 0.416 e. The normalized spacial score (nSPS) is 21.0. The molecule has 2 aromatic carbocycles. The van der Waals surface area contributed by atoms with Gasteiger partial charge in [-0.1, -0.05) is 44.2 Å². The predicted molar refractivity (Wildman–Crippen MR) is 143 cm³/mol. The van der Waals surface area contributed by atoms with Crippen molar-refractivity contribution in [3.05, 3.63) is 59.7 Å². The first kappa shape index (κ1) is 26.5. The number of carbonyl (C=O) groups excluding carboxylic acids is 1. The van der Waals surface area contributed by atoms with Crippen LogP contribution in [0.4, 0.5) is 19.0 Å². The quantitative estimate of drug-likeness (QED) is 0.404. The molecule has 1 saturated carbocycles. The highest BCUT2D eigenvalue weighted by Crippen LogP contribution is 2.35. The van der Waals surface area contributed by atoms with E-state index in [1.165, 1.54) is 31.7 Å². The fourth-order valence-corrected chi connectivity index (χ4v) is 5.84. The van der Waals surface area contributed by atoms with Gasteiger partial charge in [0.1, 0.15) is 0 Å². The van der Waals surface area contributed by atoms with Gasteiger partial charge < -0.3 is 10.6 Å². The minimum Gasteiger partial charge on any atom is -0.359 e. The number of alkyl halides is 3. The maximum Gasteiger partial charge on any atom is 0.416 e. The molecule has 1 saturated heterocycles. The van der Waals surface area contributed by atoms with Crippen molar-refractivity contribution in [3.63, 3.8) is 0 Å². The minimum absolute atomic E-state index is 0.0519. The van der Waals surface area contributed by atoms with Gasteiger partial charge in [-0.25, -0.2) is 0 Å². The van der Waals surface area contributed by atoms with Crippen LogP contribution >= 0.6 is 0 Å². The highest BCUT2D eigenvalue weighted by atomic mass is 19.4. The van der Waals surface area contributed by atoms with E-state index < -0.39 is 11.7 Å². The summed E-state index contributed by atoms with van der Waals surface area (Å²) < 4.78 is 41.9. The van der Waals surface area contributed by atoms with E-state index in [4.69, 9.17) is 0 Å². The smallest absolute Gasteiger partial charge is 0.359 e. The summed E-state index contributed by atoms with van der Waals surface area (Å²) in [5.74, 6) is 1.66. The SMILES string of the molecule is CC(C)C1CCC(N2CC(NC(=O)CNc3nn(Cc4ccccc4)c4ccc(C(F)(F)F)cc34)C2)CC1. The number of nitrogens with zero attached hydrogens (tertiary/aromatic N) is 3. The molecular weight excluding hydrogens is 491 g/mol. The number of benzene rings is 2. The average Bonchev–Trinajstić information content (AvgIpc) is 3.21. The number of nitrogens with one attached hydrogen (secondary N) is 2. The summed E-state index contributed by atoms with van der Waals surface area (Å²) in [6.45, 7) is 6.68. The summed E-state index contributed by atoms with van der Waals surface area (Å²) in [5.41, 5.74) is 0.814. The van der Waals surface area contributed by atoms with Crippen LogP contribution in [-0.2, 0) is 17.5 Å². The third kappa shape index (κ3) is 5.98. The van der Waals surface area contributed by atoms with Crippen LogP contribution in [0.3, 0.4) is 0 Å². The van der Waals surface area contributed by atoms with Crippen molar-refractivity contribution in [2.24, 2.45) is 11.8 Å². The van der Waals surface area contributed by atoms with Crippen LogP contribution in [0.15, 0.2) is 48.5 Å². The lowest BCUT2D eigenvalue weighted by molar-refractivity contribution is -0.137. The molecule has 0 unspecified atom stereocenters. The summed E-state index contributed by atoms with van der Waals surface area (Å²) in [6.07, 6.45) is 0.545. The van der Waals surface area contributed by atoms with Gasteiger partial charge in [0.2, 0.25) is 5.91 Å². The second-order valence-electron chi connectivity index (χ2n) is 11.1. The van der Waals surface area contributed by atoms with Crippen LogP contribution in [0, 0.1) is 11.8 Å². The zero-order valence-electron chi connectivity index (χ0n) is 22.0. The highest BCUT2D eigenvalue weighted by Gasteiger charge is 2.35. The molecule has 1 amide bonds. The number of carbonyl (C=O) groups is 1. The Kier molecular flexibility index (Phi) is 7.66. The molecule has 2 fully saturated rings. The van der Waals surface area contributed by atoms with Crippen molar-refractivity contribution in [3.8, 4) is 0 Å². The first-order valence-corrected chi connectivity index (χ1v) is 13.6. The molecule has 204 valence electrons. The monoisotopic (exact) mass is 527 g/mol. The molecule has 6 nitrogen and oxygen atoms in total. The lowest BCUT2D eigenvalue weighted by Gasteiger charge is -2.47. The van der Waals surface area contributed by atoms with Crippen molar-refractivity contribution >= 4 is 22.6 Å². The number of hydrogen-bond donors (Lipinski definition) is 2. The second kappa shape index (κ2) is 11.0. The number of hydrogen-bond acceptors (Lipinski definition) is 4. The topological polar surface area (TPSA) is 62.2 Å². The second-order valence-corrected chi connectivity index (χ2v) is 11.1. The van der Waals surface area contributed by atoms with Crippen LogP contribution < -0.4 is 10.6 Å². The lowest BCUT2D eigenvalue weighted by Crippen LogP contribution is -2.63. The summed E-state index contributed by atoms with van der Waals surface area (Å²) in [4.78, 5) is 15.1. The van der Waals surface area contributed by atoms with Crippen molar-refractivity contribution < 1.29 is 18.0 Å². The predicted octanol–water partition coefficient (Wildman–Crippen LogP) is 5.53. The Hall–Kier alpha value is -3.07. The zero-order chi connectivity index (χ0) is 26.9. The van der Waals surface area contributed by atoms with Gasteiger partial charge in [0.05, 0.1) is 30.2 Å². The molecule has 0 spiro atoms. The van der Waals surface area contributed by atoms with Gasteiger partial charge in [0.15, 0.2) is 5.82 Å². The molecule has 3 aromatic rings. The first-order valence-electron chi connectivity index (χ1n) is 13.6. The molecule has 2 aliphatic rings. The number of halogens is 3. The van der Waals surface area contributed by atoms with Crippen LogP contribution in [0.5, 0.6) is 0 Å². The molecule has 5 rings (SSSR count). The molecule has 1 aromatic heterocycles. The zero-order valence-corrected chi connectivity index (χ0v) is 22.0. The Morgan fingerprint density at radius 1 is 1.05 bits per heavy atom. The molecule has 0 bridgehead atoms. The maximum absolute atomic E-state index is 13.4. The van der Waals surface area contributed by atoms with Gasteiger partial charge in [0.25, 0.3) is 0 Å². The van der Waals surface area contributed by atoms with Crippen molar-refractivity contribution in [2.75, 3.05) is 25.0 Å². The van der Waals surface area contributed by atoms with E-state index in [1.54, 1.807) is 4.68 Å². The van der Waals surface area contributed by atoms with E-state index in [0.29, 0.717) is 23.5 Å². The number of anilines is 1. The number of likely N-dealkylation sites (tertiary alicyclic amines) is 1.